The highest BCUT2D eigenvalue weighted by atomic mass is 35.5. The molecule has 7 heteroatoms. The standard InChI is InChI=1S/C18H14ClF2N3S/c19-15-9-12(20)6-5-11(15)10-25-18-23-22-17(24(18)13-7-8-13)14-3-1-2-4-16(14)21/h1-6,9,13H,7-8,10H2. The van der Waals surface area contributed by atoms with Crippen molar-refractivity contribution in [3.8, 4) is 11.4 Å². The molecule has 0 amide bonds. The predicted molar refractivity (Wildman–Crippen MR) is 94.7 cm³/mol. The van der Waals surface area contributed by atoms with Crippen molar-refractivity contribution < 1.29 is 8.78 Å². The van der Waals surface area contributed by atoms with Gasteiger partial charge in [-0.25, -0.2) is 8.78 Å². The second-order valence-electron chi connectivity index (χ2n) is 5.91. The second-order valence-corrected chi connectivity index (χ2v) is 7.26. The fraction of sp³-hybridized carbons (Fsp3) is 0.222. The van der Waals surface area contributed by atoms with Gasteiger partial charge in [-0.05, 0) is 42.7 Å². The zero-order valence-corrected chi connectivity index (χ0v) is 14.7. The molecule has 3 nitrogen and oxygen atoms in total. The normalized spacial score (nSPS) is 14.0. The van der Waals surface area contributed by atoms with Crippen LogP contribution in [0.2, 0.25) is 5.02 Å². The first-order valence-electron chi connectivity index (χ1n) is 7.90. The van der Waals surface area contributed by atoms with Crippen LogP contribution in [0.15, 0.2) is 47.6 Å². The van der Waals surface area contributed by atoms with Crippen LogP contribution < -0.4 is 0 Å². The van der Waals surface area contributed by atoms with Gasteiger partial charge in [0.25, 0.3) is 0 Å². The summed E-state index contributed by atoms with van der Waals surface area (Å²) in [5.41, 5.74) is 1.28. The highest BCUT2D eigenvalue weighted by molar-refractivity contribution is 7.98. The quantitative estimate of drug-likeness (QED) is 0.550. The molecule has 25 heavy (non-hydrogen) atoms. The number of hydrogen-bond acceptors (Lipinski definition) is 3. The van der Waals surface area contributed by atoms with Gasteiger partial charge in [-0.15, -0.1) is 10.2 Å². The summed E-state index contributed by atoms with van der Waals surface area (Å²) in [6, 6.07) is 11.2. The van der Waals surface area contributed by atoms with Gasteiger partial charge in [0.1, 0.15) is 11.6 Å². The molecule has 4 rings (SSSR count). The Hall–Kier alpha value is -1.92. The molecule has 0 unspecified atom stereocenters. The molecule has 0 bridgehead atoms. The summed E-state index contributed by atoms with van der Waals surface area (Å²) >= 11 is 7.56. The van der Waals surface area contributed by atoms with Gasteiger partial charge in [0.2, 0.25) is 0 Å². The first kappa shape index (κ1) is 16.5. The Kier molecular flexibility index (Phi) is 4.48. The molecule has 128 valence electrons. The third-order valence-electron chi connectivity index (χ3n) is 4.06. The van der Waals surface area contributed by atoms with E-state index >= 15 is 0 Å². The number of benzene rings is 2. The van der Waals surface area contributed by atoms with Crippen molar-refractivity contribution in [3.05, 3.63) is 64.7 Å². The maximum absolute atomic E-state index is 14.1. The smallest absolute Gasteiger partial charge is 0.192 e. The Morgan fingerprint density at radius 1 is 1.12 bits per heavy atom. The molecular weight excluding hydrogens is 364 g/mol. The molecule has 3 aromatic rings. The number of aromatic nitrogens is 3. The topological polar surface area (TPSA) is 30.7 Å². The maximum Gasteiger partial charge on any atom is 0.192 e. The molecule has 1 saturated carbocycles. The van der Waals surface area contributed by atoms with E-state index in [2.05, 4.69) is 10.2 Å². The van der Waals surface area contributed by atoms with Crippen LogP contribution >= 0.6 is 23.4 Å². The van der Waals surface area contributed by atoms with Crippen molar-refractivity contribution in [1.29, 1.82) is 0 Å². The van der Waals surface area contributed by atoms with Crippen LogP contribution in [0.25, 0.3) is 11.4 Å². The van der Waals surface area contributed by atoms with E-state index < -0.39 is 0 Å². The minimum absolute atomic E-state index is 0.302. The lowest BCUT2D eigenvalue weighted by atomic mass is 10.2. The van der Waals surface area contributed by atoms with Crippen molar-refractivity contribution in [2.24, 2.45) is 0 Å². The molecule has 1 fully saturated rings. The SMILES string of the molecule is Fc1ccc(CSc2nnc(-c3ccccc3F)n2C2CC2)c(Cl)c1. The van der Waals surface area contributed by atoms with Gasteiger partial charge >= 0.3 is 0 Å². The van der Waals surface area contributed by atoms with Crippen LogP contribution in [0.1, 0.15) is 24.4 Å². The van der Waals surface area contributed by atoms with Crippen molar-refractivity contribution in [1.82, 2.24) is 14.8 Å². The molecule has 2 aromatic carbocycles. The average Bonchev–Trinajstić information content (AvgIpc) is 3.35. The molecule has 0 saturated heterocycles. The largest absolute Gasteiger partial charge is 0.299 e. The Labute approximate surface area is 153 Å². The van der Waals surface area contributed by atoms with Crippen molar-refractivity contribution in [2.75, 3.05) is 0 Å². The first-order chi connectivity index (χ1) is 12.1. The second kappa shape index (κ2) is 6.77. The summed E-state index contributed by atoms with van der Waals surface area (Å²) < 4.78 is 29.3. The molecule has 1 aliphatic rings. The zero-order valence-electron chi connectivity index (χ0n) is 13.1. The van der Waals surface area contributed by atoms with Crippen LogP contribution in [0.4, 0.5) is 8.78 Å². The van der Waals surface area contributed by atoms with Gasteiger partial charge in [-0.3, -0.25) is 4.57 Å². The maximum atomic E-state index is 14.1. The fourth-order valence-electron chi connectivity index (χ4n) is 2.64. The Balaban J connectivity index is 1.63. The molecule has 0 spiro atoms. The minimum Gasteiger partial charge on any atom is -0.299 e. The Morgan fingerprint density at radius 2 is 1.92 bits per heavy atom. The third kappa shape index (κ3) is 3.41. The lowest BCUT2D eigenvalue weighted by molar-refractivity contribution is 0.622. The van der Waals surface area contributed by atoms with E-state index in [4.69, 9.17) is 11.6 Å². The van der Waals surface area contributed by atoms with Crippen molar-refractivity contribution >= 4 is 23.4 Å². The van der Waals surface area contributed by atoms with Gasteiger partial charge < -0.3 is 0 Å². The van der Waals surface area contributed by atoms with E-state index in [0.29, 0.717) is 28.2 Å². The Bertz CT molecular complexity index is 924. The zero-order chi connectivity index (χ0) is 17.4. The average molecular weight is 378 g/mol. The molecule has 0 aliphatic heterocycles. The monoisotopic (exact) mass is 377 g/mol. The highest BCUT2D eigenvalue weighted by Crippen LogP contribution is 2.42. The number of rotatable bonds is 5. The van der Waals surface area contributed by atoms with E-state index in [1.807, 2.05) is 4.57 Å². The number of hydrogen-bond donors (Lipinski definition) is 0. The lowest BCUT2D eigenvalue weighted by Crippen LogP contribution is -2.01. The van der Waals surface area contributed by atoms with Crippen LogP contribution in [0.5, 0.6) is 0 Å². The van der Waals surface area contributed by atoms with Crippen LogP contribution in [-0.2, 0) is 5.75 Å². The lowest BCUT2D eigenvalue weighted by Gasteiger charge is -2.10. The Morgan fingerprint density at radius 3 is 2.64 bits per heavy atom. The van der Waals surface area contributed by atoms with Crippen LogP contribution in [-0.4, -0.2) is 14.8 Å². The summed E-state index contributed by atoms with van der Waals surface area (Å²) in [5.74, 6) is 0.422. The van der Waals surface area contributed by atoms with Gasteiger partial charge in [0, 0.05) is 16.8 Å². The van der Waals surface area contributed by atoms with Crippen molar-refractivity contribution in [2.45, 2.75) is 29.8 Å². The van der Waals surface area contributed by atoms with Crippen LogP contribution in [0.3, 0.4) is 0 Å². The fourth-order valence-corrected chi connectivity index (χ4v) is 3.97. The summed E-state index contributed by atoms with van der Waals surface area (Å²) in [4.78, 5) is 0. The minimum atomic E-state index is -0.360. The number of thioether (sulfide) groups is 1. The molecule has 1 heterocycles. The van der Waals surface area contributed by atoms with Gasteiger partial charge in [-0.2, -0.15) is 0 Å². The van der Waals surface area contributed by atoms with E-state index in [1.54, 1.807) is 24.3 Å². The van der Waals surface area contributed by atoms with Gasteiger partial charge in [-0.1, -0.05) is 41.6 Å². The van der Waals surface area contributed by atoms with Gasteiger partial charge in [0.15, 0.2) is 11.0 Å². The summed E-state index contributed by atoms with van der Waals surface area (Å²) in [5, 5.41) is 9.58. The highest BCUT2D eigenvalue weighted by Gasteiger charge is 2.30. The molecular formula is C18H14ClF2N3S. The molecule has 1 aromatic heterocycles. The summed E-state index contributed by atoms with van der Waals surface area (Å²) in [6.07, 6.45) is 2.06. The summed E-state index contributed by atoms with van der Waals surface area (Å²) in [7, 11) is 0. The van der Waals surface area contributed by atoms with E-state index in [-0.39, 0.29) is 11.6 Å². The summed E-state index contributed by atoms with van der Waals surface area (Å²) in [6.45, 7) is 0. The molecule has 0 atom stereocenters. The predicted octanol–water partition coefficient (Wildman–Crippen LogP) is 5.50. The van der Waals surface area contributed by atoms with E-state index in [1.165, 1.54) is 30.0 Å². The number of nitrogens with zero attached hydrogens (tertiary/aromatic N) is 3. The van der Waals surface area contributed by atoms with E-state index in [0.717, 1.165) is 23.6 Å². The molecule has 0 radical (unpaired) electrons. The van der Waals surface area contributed by atoms with Gasteiger partial charge in [0.05, 0.1) is 5.56 Å². The number of halogens is 3. The van der Waals surface area contributed by atoms with Crippen LogP contribution in [0, 0.1) is 11.6 Å². The first-order valence-corrected chi connectivity index (χ1v) is 9.26. The molecule has 0 N–H and O–H groups in total. The molecule has 1 aliphatic carbocycles. The van der Waals surface area contributed by atoms with Crippen molar-refractivity contribution in [3.63, 3.8) is 0 Å². The van der Waals surface area contributed by atoms with E-state index in [9.17, 15) is 8.78 Å². The third-order valence-corrected chi connectivity index (χ3v) is 5.41.